The molecule has 1 aliphatic rings. The summed E-state index contributed by atoms with van der Waals surface area (Å²) in [5, 5.41) is 14.6. The number of aromatic carboxylic acids is 1. The topological polar surface area (TPSA) is 81.7 Å². The Kier molecular flexibility index (Phi) is 3.96. The van der Waals surface area contributed by atoms with Crippen LogP contribution in [-0.2, 0) is 0 Å². The first-order valence-corrected chi connectivity index (χ1v) is 5.87. The van der Waals surface area contributed by atoms with Crippen LogP contribution in [0.4, 0.5) is 14.9 Å². The van der Waals surface area contributed by atoms with Gasteiger partial charge >= 0.3 is 12.0 Å². The molecule has 0 radical (unpaired) electrons. The molecule has 1 fully saturated rings. The number of amides is 2. The molecule has 1 aliphatic heterocycles. The van der Waals surface area contributed by atoms with Gasteiger partial charge in [-0.1, -0.05) is 0 Å². The van der Waals surface area contributed by atoms with Crippen LogP contribution in [0.2, 0.25) is 0 Å². The van der Waals surface area contributed by atoms with Gasteiger partial charge in [0, 0.05) is 26.2 Å². The van der Waals surface area contributed by atoms with Crippen LogP contribution in [0.5, 0.6) is 0 Å². The molecule has 0 aromatic heterocycles. The number of carboxylic acids is 1. The monoisotopic (exact) mass is 267 g/mol. The fourth-order valence-corrected chi connectivity index (χ4v) is 1.86. The summed E-state index contributed by atoms with van der Waals surface area (Å²) in [6, 6.07) is 2.87. The Balaban J connectivity index is 2.13. The van der Waals surface area contributed by atoms with Crippen molar-refractivity contribution < 1.29 is 19.1 Å². The molecule has 0 atom stereocenters. The minimum Gasteiger partial charge on any atom is -0.478 e. The molecule has 0 aliphatic carbocycles. The van der Waals surface area contributed by atoms with E-state index in [9.17, 15) is 14.0 Å². The van der Waals surface area contributed by atoms with Crippen LogP contribution in [0.1, 0.15) is 10.4 Å². The number of urea groups is 1. The van der Waals surface area contributed by atoms with E-state index in [2.05, 4.69) is 10.6 Å². The van der Waals surface area contributed by atoms with Gasteiger partial charge in [0.05, 0.1) is 11.3 Å². The van der Waals surface area contributed by atoms with Gasteiger partial charge in [-0.3, -0.25) is 0 Å². The number of hydrogen-bond donors (Lipinski definition) is 3. The van der Waals surface area contributed by atoms with Crippen LogP contribution >= 0.6 is 0 Å². The summed E-state index contributed by atoms with van der Waals surface area (Å²) in [7, 11) is 0. The second-order valence-electron chi connectivity index (χ2n) is 4.16. The summed E-state index contributed by atoms with van der Waals surface area (Å²) in [5.74, 6) is -1.94. The molecule has 0 unspecified atom stereocenters. The number of carbonyl (C=O) groups excluding carboxylic acids is 1. The van der Waals surface area contributed by atoms with E-state index in [-0.39, 0.29) is 17.3 Å². The van der Waals surface area contributed by atoms with Gasteiger partial charge in [0.2, 0.25) is 0 Å². The second kappa shape index (κ2) is 5.66. The lowest BCUT2D eigenvalue weighted by molar-refractivity contribution is 0.0697. The van der Waals surface area contributed by atoms with Crippen molar-refractivity contribution in [1.82, 2.24) is 10.2 Å². The van der Waals surface area contributed by atoms with Crippen LogP contribution in [0, 0.1) is 5.82 Å². The van der Waals surface area contributed by atoms with Crippen molar-refractivity contribution in [2.45, 2.75) is 0 Å². The molecule has 0 bridgehead atoms. The molecule has 1 aromatic rings. The summed E-state index contributed by atoms with van der Waals surface area (Å²) in [6.45, 7) is 2.50. The normalized spacial score (nSPS) is 15.1. The van der Waals surface area contributed by atoms with E-state index in [4.69, 9.17) is 5.11 Å². The first-order valence-electron chi connectivity index (χ1n) is 5.87. The van der Waals surface area contributed by atoms with E-state index in [1.54, 1.807) is 4.90 Å². The molecule has 1 aromatic carbocycles. The Labute approximate surface area is 109 Å². The van der Waals surface area contributed by atoms with E-state index in [0.717, 1.165) is 12.1 Å². The van der Waals surface area contributed by atoms with Crippen molar-refractivity contribution >= 4 is 17.7 Å². The van der Waals surface area contributed by atoms with E-state index >= 15 is 0 Å². The van der Waals surface area contributed by atoms with Gasteiger partial charge in [0.15, 0.2) is 0 Å². The third-order valence-electron chi connectivity index (χ3n) is 2.86. The fourth-order valence-electron chi connectivity index (χ4n) is 1.86. The molecule has 6 nitrogen and oxygen atoms in total. The number of benzene rings is 1. The first kappa shape index (κ1) is 13.3. The number of carboxylic acid groups (broad SMARTS) is 1. The van der Waals surface area contributed by atoms with Crippen LogP contribution in [-0.4, -0.2) is 48.2 Å². The van der Waals surface area contributed by atoms with Crippen LogP contribution in [0.25, 0.3) is 0 Å². The van der Waals surface area contributed by atoms with Gasteiger partial charge in [0.1, 0.15) is 5.82 Å². The number of hydrogen-bond acceptors (Lipinski definition) is 3. The van der Waals surface area contributed by atoms with Crippen molar-refractivity contribution in [3.05, 3.63) is 29.6 Å². The van der Waals surface area contributed by atoms with Crippen molar-refractivity contribution in [2.24, 2.45) is 0 Å². The number of rotatable bonds is 2. The van der Waals surface area contributed by atoms with Crippen molar-refractivity contribution in [2.75, 3.05) is 31.5 Å². The highest BCUT2D eigenvalue weighted by Crippen LogP contribution is 2.17. The molecule has 0 spiro atoms. The first-order chi connectivity index (χ1) is 9.08. The number of piperazine rings is 1. The Bertz CT molecular complexity index is 501. The zero-order chi connectivity index (χ0) is 13.8. The Morgan fingerprint density at radius 1 is 1.32 bits per heavy atom. The van der Waals surface area contributed by atoms with Crippen molar-refractivity contribution in [3.8, 4) is 0 Å². The SMILES string of the molecule is O=C(O)c1cc(F)ccc1NC(=O)N1CCNCC1. The van der Waals surface area contributed by atoms with Gasteiger partial charge < -0.3 is 20.6 Å². The summed E-state index contributed by atoms with van der Waals surface area (Å²) in [4.78, 5) is 24.5. The molecule has 0 saturated carbocycles. The Hall–Kier alpha value is -2.15. The number of nitrogens with zero attached hydrogens (tertiary/aromatic N) is 1. The summed E-state index contributed by atoms with van der Waals surface area (Å²) in [5.41, 5.74) is -0.166. The van der Waals surface area contributed by atoms with E-state index in [1.807, 2.05) is 0 Å². The van der Waals surface area contributed by atoms with E-state index < -0.39 is 11.8 Å². The van der Waals surface area contributed by atoms with E-state index in [0.29, 0.717) is 26.2 Å². The van der Waals surface area contributed by atoms with Crippen LogP contribution < -0.4 is 10.6 Å². The lowest BCUT2D eigenvalue weighted by Gasteiger charge is -2.27. The maximum Gasteiger partial charge on any atom is 0.337 e. The molecule has 102 valence electrons. The highest BCUT2D eigenvalue weighted by molar-refractivity contribution is 6.00. The summed E-state index contributed by atoms with van der Waals surface area (Å²) in [6.07, 6.45) is 0. The van der Waals surface area contributed by atoms with Crippen LogP contribution in [0.3, 0.4) is 0 Å². The molecule has 2 rings (SSSR count). The highest BCUT2D eigenvalue weighted by atomic mass is 19.1. The smallest absolute Gasteiger partial charge is 0.337 e. The third kappa shape index (κ3) is 3.19. The predicted octanol–water partition coefficient (Wildman–Crippen LogP) is 0.961. The third-order valence-corrected chi connectivity index (χ3v) is 2.86. The standard InChI is InChI=1S/C12H14FN3O3/c13-8-1-2-10(9(7-8)11(17)18)15-12(19)16-5-3-14-4-6-16/h1-2,7,14H,3-6H2,(H,15,19)(H,17,18). The summed E-state index contributed by atoms with van der Waals surface area (Å²) >= 11 is 0. The van der Waals surface area contributed by atoms with E-state index in [1.165, 1.54) is 6.07 Å². The highest BCUT2D eigenvalue weighted by Gasteiger charge is 2.19. The van der Waals surface area contributed by atoms with Gasteiger partial charge in [-0.25, -0.2) is 14.0 Å². The maximum absolute atomic E-state index is 13.0. The average Bonchev–Trinajstić information content (AvgIpc) is 2.41. The molecule has 1 saturated heterocycles. The van der Waals surface area contributed by atoms with Gasteiger partial charge in [0.25, 0.3) is 0 Å². The lowest BCUT2D eigenvalue weighted by atomic mass is 10.1. The zero-order valence-corrected chi connectivity index (χ0v) is 10.1. The Morgan fingerprint density at radius 2 is 2.00 bits per heavy atom. The molecule has 19 heavy (non-hydrogen) atoms. The van der Waals surface area contributed by atoms with Gasteiger partial charge in [-0.15, -0.1) is 0 Å². The summed E-state index contributed by atoms with van der Waals surface area (Å²) < 4.78 is 13.0. The second-order valence-corrected chi connectivity index (χ2v) is 4.16. The van der Waals surface area contributed by atoms with Gasteiger partial charge in [-0.2, -0.15) is 0 Å². The fraction of sp³-hybridized carbons (Fsp3) is 0.333. The lowest BCUT2D eigenvalue weighted by Crippen LogP contribution is -2.48. The number of halogens is 1. The van der Waals surface area contributed by atoms with Crippen molar-refractivity contribution in [1.29, 1.82) is 0 Å². The van der Waals surface area contributed by atoms with Gasteiger partial charge in [-0.05, 0) is 18.2 Å². The van der Waals surface area contributed by atoms with Crippen LogP contribution in [0.15, 0.2) is 18.2 Å². The predicted molar refractivity (Wildman–Crippen MR) is 66.8 cm³/mol. The molecule has 2 amide bonds. The minimum absolute atomic E-state index is 0.0948. The molecule has 7 heteroatoms. The van der Waals surface area contributed by atoms with Crippen molar-refractivity contribution in [3.63, 3.8) is 0 Å². The number of anilines is 1. The number of nitrogens with one attached hydrogen (secondary N) is 2. The molecular formula is C12H14FN3O3. The average molecular weight is 267 g/mol. The molecule has 3 N–H and O–H groups in total. The molecule has 1 heterocycles. The Morgan fingerprint density at radius 3 is 2.63 bits per heavy atom. The largest absolute Gasteiger partial charge is 0.478 e. The minimum atomic E-state index is -1.28. The zero-order valence-electron chi connectivity index (χ0n) is 10.1. The maximum atomic E-state index is 13.0. The number of carbonyl (C=O) groups is 2. The quantitative estimate of drug-likeness (QED) is 0.745. The molecular weight excluding hydrogens is 253 g/mol.